The second kappa shape index (κ2) is 7.80. The normalized spacial score (nSPS) is 14.1. The van der Waals surface area contributed by atoms with Crippen molar-refractivity contribution in [2.75, 3.05) is 0 Å². The highest BCUT2D eigenvalue weighted by Crippen LogP contribution is 2.00. The number of hydrogen-bond acceptors (Lipinski definition) is 1. The molecule has 0 radical (unpaired) electrons. The zero-order chi connectivity index (χ0) is 8.53. The lowest BCUT2D eigenvalue weighted by Crippen LogP contribution is -1.95. The van der Waals surface area contributed by atoms with Crippen molar-refractivity contribution in [1.82, 2.24) is 0 Å². The van der Waals surface area contributed by atoms with Gasteiger partial charge in [0.15, 0.2) is 0 Å². The molecule has 0 bridgehead atoms. The summed E-state index contributed by atoms with van der Waals surface area (Å²) in [5, 5.41) is 8.90. The van der Waals surface area contributed by atoms with E-state index in [1.54, 1.807) is 0 Å². The first kappa shape index (κ1) is 10.7. The minimum absolute atomic E-state index is 0.183. The molecule has 0 fully saturated rings. The number of hydrogen-bond donors (Lipinski definition) is 1. The van der Waals surface area contributed by atoms with Gasteiger partial charge in [-0.25, -0.2) is 0 Å². The van der Waals surface area contributed by atoms with Crippen LogP contribution in [0.25, 0.3) is 0 Å². The molecule has 0 aliphatic carbocycles. The van der Waals surface area contributed by atoms with Crippen molar-refractivity contribution in [1.29, 1.82) is 0 Å². The van der Waals surface area contributed by atoms with E-state index in [0.29, 0.717) is 0 Å². The van der Waals surface area contributed by atoms with Gasteiger partial charge in [-0.1, -0.05) is 31.9 Å². The summed E-state index contributed by atoms with van der Waals surface area (Å²) in [6, 6.07) is 0. The van der Waals surface area contributed by atoms with Crippen LogP contribution in [0.1, 0.15) is 46.0 Å². The molecule has 0 amide bonds. The molecule has 0 aromatic carbocycles. The van der Waals surface area contributed by atoms with Gasteiger partial charge in [0.25, 0.3) is 0 Å². The lowest BCUT2D eigenvalue weighted by Gasteiger charge is -1.96. The molecule has 1 atom stereocenters. The van der Waals surface area contributed by atoms with Crippen LogP contribution in [0.3, 0.4) is 0 Å². The molecular formula is C10H20O. The number of allylic oxidation sites excluding steroid dienone is 1. The fourth-order valence-electron chi connectivity index (χ4n) is 0.923. The van der Waals surface area contributed by atoms with Crippen LogP contribution in [0.15, 0.2) is 12.2 Å². The Kier molecular flexibility index (Phi) is 7.59. The molecule has 0 saturated heterocycles. The van der Waals surface area contributed by atoms with E-state index in [-0.39, 0.29) is 6.10 Å². The van der Waals surface area contributed by atoms with E-state index in [9.17, 15) is 0 Å². The molecule has 0 aromatic heterocycles. The fourth-order valence-corrected chi connectivity index (χ4v) is 0.923. The van der Waals surface area contributed by atoms with Gasteiger partial charge in [0.2, 0.25) is 0 Å². The van der Waals surface area contributed by atoms with Crippen LogP contribution in [0.5, 0.6) is 0 Å². The summed E-state index contributed by atoms with van der Waals surface area (Å²) in [4.78, 5) is 0. The third-order valence-electron chi connectivity index (χ3n) is 1.62. The Morgan fingerprint density at radius 2 is 2.00 bits per heavy atom. The zero-order valence-electron chi connectivity index (χ0n) is 7.71. The Labute approximate surface area is 70.1 Å². The van der Waals surface area contributed by atoms with Gasteiger partial charge in [-0.3, -0.25) is 0 Å². The van der Waals surface area contributed by atoms with Gasteiger partial charge in [0, 0.05) is 0 Å². The van der Waals surface area contributed by atoms with Crippen LogP contribution in [0.4, 0.5) is 0 Å². The van der Waals surface area contributed by atoms with E-state index in [2.05, 4.69) is 19.1 Å². The summed E-state index contributed by atoms with van der Waals surface area (Å²) in [6.45, 7) is 4.02. The largest absolute Gasteiger partial charge is 0.393 e. The second-order valence-electron chi connectivity index (χ2n) is 3.05. The predicted octanol–water partition coefficient (Wildman–Crippen LogP) is 2.89. The smallest absolute Gasteiger partial charge is 0.0546 e. The van der Waals surface area contributed by atoms with Crippen LogP contribution in [0, 0.1) is 0 Å². The van der Waals surface area contributed by atoms with E-state index in [4.69, 9.17) is 5.11 Å². The first-order chi connectivity index (χ1) is 5.27. The Balaban J connectivity index is 3.03. The summed E-state index contributed by atoms with van der Waals surface area (Å²) in [7, 11) is 0. The molecule has 66 valence electrons. The van der Waals surface area contributed by atoms with Crippen molar-refractivity contribution < 1.29 is 5.11 Å². The fraction of sp³-hybridized carbons (Fsp3) is 0.800. The molecule has 0 aromatic rings. The van der Waals surface area contributed by atoms with Crippen LogP contribution >= 0.6 is 0 Å². The van der Waals surface area contributed by atoms with Gasteiger partial charge in [-0.2, -0.15) is 0 Å². The number of aliphatic hydroxyl groups is 1. The van der Waals surface area contributed by atoms with Crippen molar-refractivity contribution in [3.05, 3.63) is 12.2 Å². The molecule has 0 aliphatic heterocycles. The molecule has 0 spiro atoms. The maximum absolute atomic E-state index is 8.90. The molecule has 0 heterocycles. The lowest BCUT2D eigenvalue weighted by molar-refractivity contribution is 0.198. The first-order valence-electron chi connectivity index (χ1n) is 4.60. The van der Waals surface area contributed by atoms with E-state index >= 15 is 0 Å². The molecule has 11 heavy (non-hydrogen) atoms. The van der Waals surface area contributed by atoms with Crippen molar-refractivity contribution in [2.45, 2.75) is 52.1 Å². The van der Waals surface area contributed by atoms with Crippen molar-refractivity contribution in [2.24, 2.45) is 0 Å². The van der Waals surface area contributed by atoms with Gasteiger partial charge in [-0.05, 0) is 26.2 Å². The van der Waals surface area contributed by atoms with Gasteiger partial charge in [0.05, 0.1) is 6.10 Å². The Bertz CT molecular complexity index is 95.0. The number of rotatable bonds is 6. The Morgan fingerprint density at radius 3 is 2.55 bits per heavy atom. The number of aliphatic hydroxyl groups excluding tert-OH is 1. The third kappa shape index (κ3) is 9.70. The summed E-state index contributed by atoms with van der Waals surface area (Å²) in [6.07, 6.45) is 9.91. The topological polar surface area (TPSA) is 20.2 Å². The minimum Gasteiger partial charge on any atom is -0.393 e. The average Bonchev–Trinajstić information content (AvgIpc) is 1.96. The second-order valence-corrected chi connectivity index (χ2v) is 3.05. The maximum atomic E-state index is 8.90. The molecule has 0 rings (SSSR count). The van der Waals surface area contributed by atoms with Gasteiger partial charge >= 0.3 is 0 Å². The highest BCUT2D eigenvalue weighted by Gasteiger charge is 1.88. The van der Waals surface area contributed by atoms with Crippen molar-refractivity contribution in [3.8, 4) is 0 Å². The summed E-state index contributed by atoms with van der Waals surface area (Å²) in [5.74, 6) is 0. The zero-order valence-corrected chi connectivity index (χ0v) is 7.71. The minimum atomic E-state index is -0.183. The summed E-state index contributed by atoms with van der Waals surface area (Å²) < 4.78 is 0. The van der Waals surface area contributed by atoms with E-state index in [0.717, 1.165) is 6.42 Å². The molecular weight excluding hydrogens is 136 g/mol. The van der Waals surface area contributed by atoms with Crippen LogP contribution in [0.2, 0.25) is 0 Å². The summed E-state index contributed by atoms with van der Waals surface area (Å²) in [5.41, 5.74) is 0. The van der Waals surface area contributed by atoms with Crippen LogP contribution in [-0.4, -0.2) is 11.2 Å². The third-order valence-corrected chi connectivity index (χ3v) is 1.62. The van der Waals surface area contributed by atoms with E-state index in [1.165, 1.54) is 25.7 Å². The Hall–Kier alpha value is -0.300. The number of unbranched alkanes of at least 4 members (excludes halogenated alkanes) is 3. The average molecular weight is 156 g/mol. The first-order valence-corrected chi connectivity index (χ1v) is 4.60. The van der Waals surface area contributed by atoms with Crippen LogP contribution in [-0.2, 0) is 0 Å². The monoisotopic (exact) mass is 156 g/mol. The Morgan fingerprint density at radius 1 is 1.27 bits per heavy atom. The lowest BCUT2D eigenvalue weighted by atomic mass is 10.2. The highest BCUT2D eigenvalue weighted by molar-refractivity contribution is 4.82. The highest BCUT2D eigenvalue weighted by atomic mass is 16.3. The molecule has 1 nitrogen and oxygen atoms in total. The van der Waals surface area contributed by atoms with Gasteiger partial charge in [-0.15, -0.1) is 0 Å². The molecule has 1 heteroatoms. The molecule has 1 N–H and O–H groups in total. The van der Waals surface area contributed by atoms with E-state index < -0.39 is 0 Å². The van der Waals surface area contributed by atoms with Crippen LogP contribution < -0.4 is 0 Å². The molecule has 1 unspecified atom stereocenters. The van der Waals surface area contributed by atoms with Crippen molar-refractivity contribution in [3.63, 3.8) is 0 Å². The molecule has 0 saturated carbocycles. The quantitative estimate of drug-likeness (QED) is 0.463. The molecule has 0 aliphatic rings. The maximum Gasteiger partial charge on any atom is 0.0546 e. The van der Waals surface area contributed by atoms with Crippen molar-refractivity contribution >= 4 is 0 Å². The summed E-state index contributed by atoms with van der Waals surface area (Å²) >= 11 is 0. The van der Waals surface area contributed by atoms with E-state index in [1.807, 2.05) is 6.92 Å². The van der Waals surface area contributed by atoms with Gasteiger partial charge < -0.3 is 5.11 Å². The van der Waals surface area contributed by atoms with Gasteiger partial charge in [0.1, 0.15) is 0 Å². The SMILES string of the molecule is CCCCC/C=C/CC(C)O. The standard InChI is InChI=1S/C10H20O/c1-3-4-5-6-7-8-9-10(2)11/h7-8,10-11H,3-6,9H2,1-2H3/b8-7+. The predicted molar refractivity (Wildman–Crippen MR) is 49.6 cm³/mol.